The fourth-order valence-electron chi connectivity index (χ4n) is 1.67. The van der Waals surface area contributed by atoms with Gasteiger partial charge in [-0.1, -0.05) is 17.7 Å². The summed E-state index contributed by atoms with van der Waals surface area (Å²) < 4.78 is 32.2. The number of ether oxygens (including phenoxy) is 1. The van der Waals surface area contributed by atoms with Gasteiger partial charge >= 0.3 is 0 Å². The van der Waals surface area contributed by atoms with E-state index in [4.69, 9.17) is 21.2 Å². The van der Waals surface area contributed by atoms with Gasteiger partial charge in [0.15, 0.2) is 0 Å². The van der Waals surface area contributed by atoms with E-state index >= 15 is 0 Å². The lowest BCUT2D eigenvalue weighted by Gasteiger charge is -2.23. The zero-order valence-corrected chi connectivity index (χ0v) is 9.75. The first-order chi connectivity index (χ1) is 8.15. The molecule has 1 aliphatic heterocycles. The van der Waals surface area contributed by atoms with Crippen LogP contribution in [0.15, 0.2) is 29.5 Å². The summed E-state index contributed by atoms with van der Waals surface area (Å²) >= 11 is 5.89. The Morgan fingerprint density at radius 3 is 2.65 bits per heavy atom. The van der Waals surface area contributed by atoms with Crippen LogP contribution in [0.3, 0.4) is 0 Å². The van der Waals surface area contributed by atoms with E-state index in [1.807, 2.05) is 0 Å². The number of nitrogens with zero attached hydrogens (tertiary/aromatic N) is 1. The monoisotopic (exact) mass is 261 g/mol. The van der Waals surface area contributed by atoms with Gasteiger partial charge in [-0.25, -0.2) is 8.78 Å². The Hall–Kier alpha value is -1.17. The molecule has 1 heterocycles. The van der Waals surface area contributed by atoms with Gasteiger partial charge < -0.3 is 9.57 Å². The van der Waals surface area contributed by atoms with Gasteiger partial charge in [-0.2, -0.15) is 0 Å². The van der Waals surface area contributed by atoms with Crippen molar-refractivity contribution in [1.29, 1.82) is 0 Å². The molecule has 0 amide bonds. The van der Waals surface area contributed by atoms with Gasteiger partial charge in [-0.15, -0.1) is 5.06 Å². The highest BCUT2D eigenvalue weighted by Gasteiger charge is 2.34. The maximum absolute atomic E-state index is 13.6. The molecule has 92 valence electrons. The number of benzene rings is 1. The van der Waals surface area contributed by atoms with E-state index in [-0.39, 0.29) is 17.3 Å². The van der Waals surface area contributed by atoms with E-state index in [9.17, 15) is 8.78 Å². The summed E-state index contributed by atoms with van der Waals surface area (Å²) in [5.41, 5.74) is -0.150. The molecule has 2 rings (SSSR count). The summed E-state index contributed by atoms with van der Waals surface area (Å²) in [5.74, 6) is -1.35. The predicted octanol–water partition coefficient (Wildman–Crippen LogP) is 2.94. The molecule has 0 saturated carbocycles. The Morgan fingerprint density at radius 2 is 2.06 bits per heavy atom. The van der Waals surface area contributed by atoms with Gasteiger partial charge in [0.05, 0.1) is 5.03 Å². The van der Waals surface area contributed by atoms with Gasteiger partial charge in [0, 0.05) is 12.7 Å². The molecular weight excluding hydrogens is 252 g/mol. The highest BCUT2D eigenvalue weighted by atomic mass is 35.5. The minimum absolute atomic E-state index is 0.0468. The Balaban J connectivity index is 2.40. The van der Waals surface area contributed by atoms with E-state index in [1.165, 1.54) is 36.6 Å². The molecule has 1 aliphatic rings. The molecule has 1 unspecified atom stereocenters. The summed E-state index contributed by atoms with van der Waals surface area (Å²) in [7, 11) is 1.45. The third kappa shape index (κ3) is 2.26. The van der Waals surface area contributed by atoms with Crippen LogP contribution in [0.25, 0.3) is 0 Å². The van der Waals surface area contributed by atoms with Gasteiger partial charge in [0.1, 0.15) is 30.7 Å². The zero-order chi connectivity index (χ0) is 12.4. The number of hydrogen-bond acceptors (Lipinski definition) is 3. The summed E-state index contributed by atoms with van der Waals surface area (Å²) in [5, 5.41) is 1.45. The molecule has 0 saturated heterocycles. The average Bonchev–Trinajstić information content (AvgIpc) is 2.62. The van der Waals surface area contributed by atoms with E-state index in [2.05, 4.69) is 0 Å². The maximum Gasteiger partial charge on any atom is 0.133 e. The van der Waals surface area contributed by atoms with Crippen molar-refractivity contribution in [3.05, 3.63) is 46.7 Å². The van der Waals surface area contributed by atoms with Crippen LogP contribution in [-0.4, -0.2) is 18.9 Å². The molecule has 6 heteroatoms. The average molecular weight is 262 g/mol. The Bertz CT molecular complexity index is 433. The molecular formula is C11H10ClF2NO2. The molecule has 3 nitrogen and oxygen atoms in total. The lowest BCUT2D eigenvalue weighted by atomic mass is 10.1. The molecule has 0 bridgehead atoms. The van der Waals surface area contributed by atoms with Crippen molar-refractivity contribution in [2.45, 2.75) is 6.04 Å². The van der Waals surface area contributed by atoms with Crippen molar-refractivity contribution < 1.29 is 18.4 Å². The predicted molar refractivity (Wildman–Crippen MR) is 57.8 cm³/mol. The number of methoxy groups -OCH3 is 1. The molecule has 1 aromatic rings. The van der Waals surface area contributed by atoms with Gasteiger partial charge in [0.25, 0.3) is 0 Å². The van der Waals surface area contributed by atoms with Crippen LogP contribution in [-0.2, 0) is 9.57 Å². The zero-order valence-electron chi connectivity index (χ0n) is 8.99. The fourth-order valence-corrected chi connectivity index (χ4v) is 1.92. The summed E-state index contributed by atoms with van der Waals surface area (Å²) in [4.78, 5) is 5.06. The molecule has 0 aromatic heterocycles. The van der Waals surface area contributed by atoms with Crippen molar-refractivity contribution in [2.75, 3.05) is 13.8 Å². The van der Waals surface area contributed by atoms with Gasteiger partial charge in [0.2, 0.25) is 0 Å². The van der Waals surface area contributed by atoms with E-state index in [0.717, 1.165) is 0 Å². The quantitative estimate of drug-likeness (QED) is 0.835. The molecule has 0 aliphatic carbocycles. The van der Waals surface area contributed by atoms with Gasteiger partial charge in [-0.3, -0.25) is 0 Å². The Labute approximate surface area is 102 Å². The van der Waals surface area contributed by atoms with Gasteiger partial charge in [-0.05, 0) is 12.1 Å². The first-order valence-electron chi connectivity index (χ1n) is 4.87. The third-order valence-corrected chi connectivity index (χ3v) is 2.68. The summed E-state index contributed by atoms with van der Waals surface area (Å²) in [6.45, 7) is 0.0468. The van der Waals surface area contributed by atoms with Crippen LogP contribution in [0.5, 0.6) is 0 Å². The third-order valence-electron chi connectivity index (χ3n) is 2.38. The Kier molecular flexibility index (Phi) is 3.61. The maximum atomic E-state index is 13.6. The number of halogens is 3. The summed E-state index contributed by atoms with van der Waals surface area (Å²) in [6, 6.07) is 2.82. The number of rotatable bonds is 3. The van der Waals surface area contributed by atoms with Crippen LogP contribution in [0, 0.1) is 11.6 Å². The van der Waals surface area contributed by atoms with Crippen molar-refractivity contribution >= 4 is 11.6 Å². The van der Waals surface area contributed by atoms with Crippen LogP contribution in [0.4, 0.5) is 8.78 Å². The molecule has 0 spiro atoms. The largest absolute Gasteiger partial charge is 0.409 e. The smallest absolute Gasteiger partial charge is 0.133 e. The van der Waals surface area contributed by atoms with Crippen LogP contribution in [0.1, 0.15) is 11.6 Å². The second-order valence-electron chi connectivity index (χ2n) is 3.48. The molecule has 0 radical (unpaired) electrons. The topological polar surface area (TPSA) is 21.7 Å². The van der Waals surface area contributed by atoms with Crippen molar-refractivity contribution in [2.24, 2.45) is 0 Å². The van der Waals surface area contributed by atoms with Crippen molar-refractivity contribution in [1.82, 2.24) is 5.06 Å². The SMILES string of the molecule is COCN1OC=C(Cl)C1c1c(F)cccc1F. The minimum Gasteiger partial charge on any atom is -0.409 e. The van der Waals surface area contributed by atoms with Crippen LogP contribution in [0.2, 0.25) is 0 Å². The van der Waals surface area contributed by atoms with Crippen molar-refractivity contribution in [3.8, 4) is 0 Å². The first-order valence-corrected chi connectivity index (χ1v) is 5.24. The number of hydrogen-bond donors (Lipinski definition) is 0. The van der Waals surface area contributed by atoms with E-state index in [0.29, 0.717) is 0 Å². The van der Waals surface area contributed by atoms with Crippen molar-refractivity contribution in [3.63, 3.8) is 0 Å². The highest BCUT2D eigenvalue weighted by molar-refractivity contribution is 6.30. The second kappa shape index (κ2) is 5.00. The first kappa shape index (κ1) is 12.3. The van der Waals surface area contributed by atoms with Crippen LogP contribution >= 0.6 is 11.6 Å². The van der Waals surface area contributed by atoms with E-state index < -0.39 is 17.7 Å². The highest BCUT2D eigenvalue weighted by Crippen LogP contribution is 2.38. The molecule has 0 fully saturated rings. The van der Waals surface area contributed by atoms with Crippen LogP contribution < -0.4 is 0 Å². The number of hydroxylamine groups is 2. The summed E-state index contributed by atoms with van der Waals surface area (Å²) in [6.07, 6.45) is 1.23. The molecule has 17 heavy (non-hydrogen) atoms. The lowest BCUT2D eigenvalue weighted by Crippen LogP contribution is -2.27. The lowest BCUT2D eigenvalue weighted by molar-refractivity contribution is -0.163. The minimum atomic E-state index is -0.821. The Morgan fingerprint density at radius 1 is 1.41 bits per heavy atom. The molecule has 1 aromatic carbocycles. The standard InChI is InChI=1S/C11H10ClF2NO2/c1-16-6-15-11(7(12)5-17-15)10-8(13)3-2-4-9(10)14/h2-5,11H,6H2,1H3. The fraction of sp³-hybridized carbons (Fsp3) is 0.273. The normalized spacial score (nSPS) is 20.2. The molecule has 0 N–H and O–H groups in total. The molecule has 1 atom stereocenters. The second-order valence-corrected chi connectivity index (χ2v) is 3.92. The van der Waals surface area contributed by atoms with E-state index in [1.54, 1.807) is 0 Å².